The summed E-state index contributed by atoms with van der Waals surface area (Å²) in [5, 5.41) is 0. The van der Waals surface area contributed by atoms with Crippen LogP contribution in [0.1, 0.15) is 56.1 Å². The molecular weight excluding hydrogens is 292 g/mol. The monoisotopic (exact) mass is 318 g/mol. The highest BCUT2D eigenvalue weighted by Crippen LogP contribution is 2.24. The van der Waals surface area contributed by atoms with Crippen LogP contribution in [0.4, 0.5) is 0 Å². The number of benzene rings is 1. The number of carbonyl (C=O) groups is 2. The molecule has 2 rings (SSSR count). The van der Waals surface area contributed by atoms with Crippen molar-refractivity contribution in [1.82, 2.24) is 0 Å². The minimum Gasteiger partial charge on any atom is -0.465 e. The van der Waals surface area contributed by atoms with Crippen LogP contribution in [0.2, 0.25) is 0 Å². The smallest absolute Gasteiger partial charge is 0.311 e. The zero-order valence-electron chi connectivity index (χ0n) is 14.1. The van der Waals surface area contributed by atoms with Gasteiger partial charge in [0, 0.05) is 0 Å². The summed E-state index contributed by atoms with van der Waals surface area (Å²) in [6.45, 7) is 4.37. The highest BCUT2D eigenvalue weighted by molar-refractivity contribution is 5.79. The molecular formula is C19H26O4. The van der Waals surface area contributed by atoms with E-state index < -0.39 is 5.97 Å². The summed E-state index contributed by atoms with van der Waals surface area (Å²) in [4.78, 5) is 23.6. The van der Waals surface area contributed by atoms with Gasteiger partial charge in [-0.25, -0.2) is 0 Å². The van der Waals surface area contributed by atoms with Crippen molar-refractivity contribution < 1.29 is 19.1 Å². The zero-order valence-corrected chi connectivity index (χ0v) is 14.1. The van der Waals surface area contributed by atoms with Crippen molar-refractivity contribution in [2.45, 2.75) is 58.8 Å². The molecule has 4 heteroatoms. The summed E-state index contributed by atoms with van der Waals surface area (Å²) in [5.74, 6) is 0.349. The standard InChI is InChI=1S/C19H26O4/c1-14-7-6-10-17(15(14)2)23-19(21)12-11-18(20)22-13-16-8-4-3-5-9-16/h6-7,10,16H,3-5,8-9,11-13H2,1-2H3. The molecule has 1 fully saturated rings. The van der Waals surface area contributed by atoms with E-state index in [1.165, 1.54) is 19.3 Å². The Balaban J connectivity index is 1.69. The lowest BCUT2D eigenvalue weighted by Crippen LogP contribution is -2.18. The fourth-order valence-corrected chi connectivity index (χ4v) is 2.85. The first-order valence-corrected chi connectivity index (χ1v) is 8.49. The third kappa shape index (κ3) is 5.70. The minimum absolute atomic E-state index is 0.0525. The molecule has 4 nitrogen and oxygen atoms in total. The van der Waals surface area contributed by atoms with Gasteiger partial charge in [-0.15, -0.1) is 0 Å². The third-order valence-electron chi connectivity index (χ3n) is 4.52. The van der Waals surface area contributed by atoms with E-state index in [9.17, 15) is 9.59 Å². The first kappa shape index (κ1) is 17.5. The van der Waals surface area contributed by atoms with Crippen LogP contribution in [0.5, 0.6) is 5.75 Å². The van der Waals surface area contributed by atoms with Crippen molar-refractivity contribution >= 4 is 11.9 Å². The number of hydrogen-bond acceptors (Lipinski definition) is 4. The first-order chi connectivity index (χ1) is 11.1. The molecule has 1 saturated carbocycles. The second-order valence-electron chi connectivity index (χ2n) is 6.36. The number of rotatable bonds is 6. The van der Waals surface area contributed by atoms with Crippen LogP contribution in [0, 0.1) is 19.8 Å². The Morgan fingerprint density at radius 2 is 1.74 bits per heavy atom. The average molecular weight is 318 g/mol. The van der Waals surface area contributed by atoms with E-state index in [2.05, 4.69) is 0 Å². The Labute approximate surface area is 138 Å². The van der Waals surface area contributed by atoms with E-state index in [1.807, 2.05) is 26.0 Å². The van der Waals surface area contributed by atoms with Gasteiger partial charge in [0.2, 0.25) is 0 Å². The van der Waals surface area contributed by atoms with Crippen LogP contribution < -0.4 is 4.74 Å². The molecule has 0 aromatic heterocycles. The summed E-state index contributed by atoms with van der Waals surface area (Å²) in [5.41, 5.74) is 2.02. The molecule has 0 atom stereocenters. The Kier molecular flexibility index (Phi) is 6.63. The fraction of sp³-hybridized carbons (Fsp3) is 0.579. The number of esters is 2. The summed E-state index contributed by atoms with van der Waals surface area (Å²) in [6, 6.07) is 5.58. The van der Waals surface area contributed by atoms with E-state index in [1.54, 1.807) is 6.07 Å². The van der Waals surface area contributed by atoms with Crippen molar-refractivity contribution in [3.63, 3.8) is 0 Å². The van der Waals surface area contributed by atoms with Gasteiger partial charge >= 0.3 is 11.9 Å². The largest absolute Gasteiger partial charge is 0.465 e. The van der Waals surface area contributed by atoms with Gasteiger partial charge in [-0.2, -0.15) is 0 Å². The summed E-state index contributed by atoms with van der Waals surface area (Å²) in [7, 11) is 0. The number of aryl methyl sites for hydroxylation is 1. The molecule has 1 aromatic carbocycles. The van der Waals surface area contributed by atoms with E-state index in [4.69, 9.17) is 9.47 Å². The first-order valence-electron chi connectivity index (χ1n) is 8.49. The van der Waals surface area contributed by atoms with E-state index in [0.29, 0.717) is 18.3 Å². The quantitative estimate of drug-likeness (QED) is 0.585. The maximum atomic E-state index is 11.9. The van der Waals surface area contributed by atoms with Gasteiger partial charge in [-0.1, -0.05) is 31.4 Å². The lowest BCUT2D eigenvalue weighted by Gasteiger charge is -2.20. The minimum atomic E-state index is -0.395. The summed E-state index contributed by atoms with van der Waals surface area (Å²) in [6.07, 6.45) is 6.15. The van der Waals surface area contributed by atoms with E-state index in [-0.39, 0.29) is 18.8 Å². The molecule has 23 heavy (non-hydrogen) atoms. The van der Waals surface area contributed by atoms with Crippen LogP contribution in [0.25, 0.3) is 0 Å². The molecule has 0 heterocycles. The fourth-order valence-electron chi connectivity index (χ4n) is 2.85. The maximum Gasteiger partial charge on any atom is 0.311 e. The number of carbonyl (C=O) groups excluding carboxylic acids is 2. The summed E-state index contributed by atoms with van der Waals surface area (Å²) < 4.78 is 10.6. The molecule has 0 aliphatic heterocycles. The lowest BCUT2D eigenvalue weighted by molar-refractivity contribution is -0.148. The Morgan fingerprint density at radius 1 is 1.04 bits per heavy atom. The molecule has 0 radical (unpaired) electrons. The van der Waals surface area contributed by atoms with Gasteiger partial charge < -0.3 is 9.47 Å². The van der Waals surface area contributed by atoms with Gasteiger partial charge in [0.15, 0.2) is 0 Å². The van der Waals surface area contributed by atoms with Gasteiger partial charge in [0.25, 0.3) is 0 Å². The molecule has 1 aliphatic carbocycles. The second-order valence-corrected chi connectivity index (χ2v) is 6.36. The molecule has 126 valence electrons. The van der Waals surface area contributed by atoms with Gasteiger partial charge in [-0.3, -0.25) is 9.59 Å². The number of hydrogen-bond donors (Lipinski definition) is 0. The predicted molar refractivity (Wildman–Crippen MR) is 88.3 cm³/mol. The highest BCUT2D eigenvalue weighted by Gasteiger charge is 2.16. The van der Waals surface area contributed by atoms with E-state index >= 15 is 0 Å². The normalized spacial score (nSPS) is 15.2. The molecule has 1 aliphatic rings. The van der Waals surface area contributed by atoms with Crippen molar-refractivity contribution in [3.05, 3.63) is 29.3 Å². The Hall–Kier alpha value is -1.84. The highest BCUT2D eigenvalue weighted by atomic mass is 16.5. The van der Waals surface area contributed by atoms with E-state index in [0.717, 1.165) is 24.0 Å². The molecule has 0 saturated heterocycles. The Morgan fingerprint density at radius 3 is 2.48 bits per heavy atom. The SMILES string of the molecule is Cc1cccc(OC(=O)CCC(=O)OCC2CCCCC2)c1C. The molecule has 0 unspecified atom stereocenters. The second kappa shape index (κ2) is 8.70. The molecule has 0 spiro atoms. The maximum absolute atomic E-state index is 11.9. The molecule has 0 amide bonds. The molecule has 0 N–H and O–H groups in total. The Bertz CT molecular complexity index is 544. The van der Waals surface area contributed by atoms with Crippen LogP contribution in [-0.4, -0.2) is 18.5 Å². The summed E-state index contributed by atoms with van der Waals surface area (Å²) >= 11 is 0. The van der Waals surface area contributed by atoms with Crippen molar-refractivity contribution in [2.75, 3.05) is 6.61 Å². The van der Waals surface area contributed by atoms with Crippen LogP contribution >= 0.6 is 0 Å². The van der Waals surface area contributed by atoms with Crippen LogP contribution in [-0.2, 0) is 14.3 Å². The molecule has 0 bridgehead atoms. The lowest BCUT2D eigenvalue weighted by atomic mass is 9.90. The predicted octanol–water partition coefficient (Wildman–Crippen LogP) is 4.11. The van der Waals surface area contributed by atoms with Crippen LogP contribution in [0.3, 0.4) is 0 Å². The van der Waals surface area contributed by atoms with Crippen molar-refractivity contribution in [1.29, 1.82) is 0 Å². The topological polar surface area (TPSA) is 52.6 Å². The van der Waals surface area contributed by atoms with Gasteiger partial charge in [0.05, 0.1) is 19.4 Å². The van der Waals surface area contributed by atoms with Gasteiger partial charge in [0.1, 0.15) is 5.75 Å². The third-order valence-corrected chi connectivity index (χ3v) is 4.52. The van der Waals surface area contributed by atoms with Crippen molar-refractivity contribution in [2.24, 2.45) is 5.92 Å². The van der Waals surface area contributed by atoms with Gasteiger partial charge in [-0.05, 0) is 49.8 Å². The molecule has 1 aromatic rings. The van der Waals surface area contributed by atoms with Crippen molar-refractivity contribution in [3.8, 4) is 5.75 Å². The average Bonchev–Trinajstić information content (AvgIpc) is 2.56. The number of ether oxygens (including phenoxy) is 2. The van der Waals surface area contributed by atoms with Crippen LogP contribution in [0.15, 0.2) is 18.2 Å². The zero-order chi connectivity index (χ0) is 16.7.